The molecule has 4 aromatic rings. The number of fused-ring (bicyclic) bond motifs is 1. The number of ether oxygens (including phenoxy) is 1. The largest absolute Gasteiger partial charge is 0.497 e. The SMILES string of the molecule is COc1ccc(Cl)c(N2C[C@@H](c3nc4ccccc4n3Cc3ccccc3C)CC2=O)c1. The van der Waals surface area contributed by atoms with E-state index in [1.807, 2.05) is 24.3 Å². The second-order valence-corrected chi connectivity index (χ2v) is 8.60. The molecule has 3 aromatic carbocycles. The zero-order valence-corrected chi connectivity index (χ0v) is 18.8. The first kappa shape index (κ1) is 20.6. The van der Waals surface area contributed by atoms with Crippen LogP contribution in [0.4, 0.5) is 5.69 Å². The van der Waals surface area contributed by atoms with Crippen LogP contribution in [0.3, 0.4) is 0 Å². The predicted octanol–water partition coefficient (Wildman–Crippen LogP) is 5.58. The number of anilines is 1. The highest BCUT2D eigenvalue weighted by Crippen LogP contribution is 2.38. The Kier molecular flexibility index (Phi) is 5.35. The van der Waals surface area contributed by atoms with Crippen LogP contribution in [0.15, 0.2) is 66.7 Å². The van der Waals surface area contributed by atoms with E-state index in [4.69, 9.17) is 21.3 Å². The van der Waals surface area contributed by atoms with Crippen molar-refractivity contribution in [3.05, 3.63) is 88.7 Å². The van der Waals surface area contributed by atoms with Crippen LogP contribution in [0.5, 0.6) is 5.75 Å². The molecule has 6 heteroatoms. The number of carbonyl (C=O) groups is 1. The first-order valence-electron chi connectivity index (χ1n) is 10.7. The van der Waals surface area contributed by atoms with Gasteiger partial charge in [0.05, 0.1) is 28.9 Å². The fourth-order valence-corrected chi connectivity index (χ4v) is 4.69. The van der Waals surface area contributed by atoms with Crippen LogP contribution < -0.4 is 9.64 Å². The third kappa shape index (κ3) is 3.63. The number of halogens is 1. The Labute approximate surface area is 192 Å². The van der Waals surface area contributed by atoms with Gasteiger partial charge in [0.15, 0.2) is 0 Å². The lowest BCUT2D eigenvalue weighted by Gasteiger charge is -2.19. The van der Waals surface area contributed by atoms with E-state index in [0.717, 1.165) is 16.9 Å². The van der Waals surface area contributed by atoms with Gasteiger partial charge in [0.25, 0.3) is 0 Å². The van der Waals surface area contributed by atoms with Crippen LogP contribution in [0, 0.1) is 6.92 Å². The average Bonchev–Trinajstić information content (AvgIpc) is 3.36. The maximum absolute atomic E-state index is 13.0. The van der Waals surface area contributed by atoms with E-state index >= 15 is 0 Å². The van der Waals surface area contributed by atoms with Crippen molar-refractivity contribution in [2.45, 2.75) is 25.8 Å². The lowest BCUT2D eigenvalue weighted by Crippen LogP contribution is -2.25. The minimum absolute atomic E-state index is 0.0267. The predicted molar refractivity (Wildman–Crippen MR) is 128 cm³/mol. The van der Waals surface area contributed by atoms with Gasteiger partial charge < -0.3 is 14.2 Å². The van der Waals surface area contributed by atoms with Crippen molar-refractivity contribution in [1.29, 1.82) is 0 Å². The van der Waals surface area contributed by atoms with Gasteiger partial charge in [0.2, 0.25) is 5.91 Å². The molecule has 1 aromatic heterocycles. The summed E-state index contributed by atoms with van der Waals surface area (Å²) in [5, 5.41) is 0.535. The molecule has 5 nitrogen and oxygen atoms in total. The van der Waals surface area contributed by atoms with E-state index in [9.17, 15) is 4.79 Å². The number of hydrogen-bond acceptors (Lipinski definition) is 3. The number of para-hydroxylation sites is 2. The lowest BCUT2D eigenvalue weighted by atomic mass is 10.1. The molecule has 2 heterocycles. The molecule has 1 atom stereocenters. The second kappa shape index (κ2) is 8.32. The van der Waals surface area contributed by atoms with Gasteiger partial charge in [-0.05, 0) is 42.3 Å². The Balaban J connectivity index is 1.54. The number of nitrogens with zero attached hydrogens (tertiary/aromatic N) is 3. The standard InChI is InChI=1S/C26H24ClN3O2/c1-17-7-3-4-8-18(17)15-30-23-10-6-5-9-22(23)28-26(30)19-13-25(31)29(16-19)24-14-20(32-2)11-12-21(24)27/h3-12,14,19H,13,15-16H2,1-2H3/t19-/m0/s1. The summed E-state index contributed by atoms with van der Waals surface area (Å²) < 4.78 is 7.60. The molecule has 0 unspecified atom stereocenters. The smallest absolute Gasteiger partial charge is 0.227 e. The molecule has 0 N–H and O–H groups in total. The highest BCUT2D eigenvalue weighted by molar-refractivity contribution is 6.34. The fourth-order valence-electron chi connectivity index (χ4n) is 4.47. The first-order chi connectivity index (χ1) is 15.5. The topological polar surface area (TPSA) is 47.4 Å². The molecule has 0 radical (unpaired) electrons. The maximum Gasteiger partial charge on any atom is 0.227 e. The van der Waals surface area contributed by atoms with Crippen molar-refractivity contribution < 1.29 is 9.53 Å². The molecule has 1 saturated heterocycles. The quantitative estimate of drug-likeness (QED) is 0.403. The molecule has 0 aliphatic carbocycles. The first-order valence-corrected chi connectivity index (χ1v) is 11.1. The molecule has 1 aliphatic rings. The summed E-state index contributed by atoms with van der Waals surface area (Å²) in [6.07, 6.45) is 0.393. The highest BCUT2D eigenvalue weighted by atomic mass is 35.5. The van der Waals surface area contributed by atoms with Crippen molar-refractivity contribution in [3.63, 3.8) is 0 Å². The zero-order chi connectivity index (χ0) is 22.2. The molecule has 1 amide bonds. The minimum Gasteiger partial charge on any atom is -0.497 e. The van der Waals surface area contributed by atoms with Gasteiger partial charge in [-0.25, -0.2) is 4.98 Å². The number of rotatable bonds is 5. The summed E-state index contributed by atoms with van der Waals surface area (Å²) >= 11 is 6.44. The van der Waals surface area contributed by atoms with Gasteiger partial charge >= 0.3 is 0 Å². The third-order valence-electron chi connectivity index (χ3n) is 6.21. The number of imidazole rings is 1. The van der Waals surface area contributed by atoms with Gasteiger partial charge in [0, 0.05) is 31.5 Å². The van der Waals surface area contributed by atoms with Crippen molar-refractivity contribution in [1.82, 2.24) is 9.55 Å². The van der Waals surface area contributed by atoms with Crippen molar-refractivity contribution in [3.8, 4) is 5.75 Å². The number of amides is 1. The van der Waals surface area contributed by atoms with E-state index in [1.54, 1.807) is 24.1 Å². The molecule has 1 aliphatic heterocycles. The van der Waals surface area contributed by atoms with Crippen molar-refractivity contribution in [2.75, 3.05) is 18.6 Å². The summed E-state index contributed by atoms with van der Waals surface area (Å²) in [6.45, 7) is 3.37. The van der Waals surface area contributed by atoms with E-state index < -0.39 is 0 Å². The maximum atomic E-state index is 13.0. The van der Waals surface area contributed by atoms with Crippen LogP contribution in [0.1, 0.15) is 29.3 Å². The van der Waals surface area contributed by atoms with Crippen molar-refractivity contribution >= 4 is 34.2 Å². The van der Waals surface area contributed by atoms with Crippen molar-refractivity contribution in [2.24, 2.45) is 0 Å². The monoisotopic (exact) mass is 445 g/mol. The number of aryl methyl sites for hydroxylation is 1. The number of aromatic nitrogens is 2. The van der Waals surface area contributed by atoms with Gasteiger partial charge in [-0.15, -0.1) is 0 Å². The third-order valence-corrected chi connectivity index (χ3v) is 6.53. The molecule has 32 heavy (non-hydrogen) atoms. The molecular formula is C26H24ClN3O2. The number of hydrogen-bond donors (Lipinski definition) is 0. The van der Waals surface area contributed by atoms with E-state index in [0.29, 0.717) is 36.0 Å². The van der Waals surface area contributed by atoms with Gasteiger partial charge in [-0.1, -0.05) is 48.0 Å². The Morgan fingerprint density at radius 1 is 1.09 bits per heavy atom. The Morgan fingerprint density at radius 3 is 2.69 bits per heavy atom. The van der Waals surface area contributed by atoms with E-state index in [-0.39, 0.29) is 11.8 Å². The number of carbonyl (C=O) groups excluding carboxylic acids is 1. The molecule has 0 spiro atoms. The molecule has 5 rings (SSSR count). The molecule has 0 saturated carbocycles. The van der Waals surface area contributed by atoms with Gasteiger partial charge in [-0.2, -0.15) is 0 Å². The summed E-state index contributed by atoms with van der Waals surface area (Å²) in [4.78, 5) is 19.8. The summed E-state index contributed by atoms with van der Waals surface area (Å²) in [5.41, 5.74) is 5.19. The zero-order valence-electron chi connectivity index (χ0n) is 18.1. The molecule has 1 fully saturated rings. The normalized spacial score (nSPS) is 16.2. The van der Waals surface area contributed by atoms with E-state index in [1.165, 1.54) is 11.1 Å². The fraction of sp³-hybridized carbons (Fsp3) is 0.231. The Bertz CT molecular complexity index is 1310. The van der Waals surface area contributed by atoms with Crippen LogP contribution in [0.25, 0.3) is 11.0 Å². The Morgan fingerprint density at radius 2 is 1.88 bits per heavy atom. The second-order valence-electron chi connectivity index (χ2n) is 8.19. The molecule has 0 bridgehead atoms. The Hall–Kier alpha value is -3.31. The van der Waals surface area contributed by atoms with Gasteiger partial charge in [-0.3, -0.25) is 4.79 Å². The highest BCUT2D eigenvalue weighted by Gasteiger charge is 2.36. The van der Waals surface area contributed by atoms with Crippen LogP contribution in [-0.4, -0.2) is 29.1 Å². The van der Waals surface area contributed by atoms with Crippen LogP contribution in [-0.2, 0) is 11.3 Å². The summed E-state index contributed by atoms with van der Waals surface area (Å²) in [7, 11) is 1.61. The molecule has 162 valence electrons. The van der Waals surface area contributed by atoms with E-state index in [2.05, 4.69) is 41.8 Å². The van der Waals surface area contributed by atoms with Crippen LogP contribution >= 0.6 is 11.6 Å². The summed E-state index contributed by atoms with van der Waals surface area (Å²) in [6, 6.07) is 21.9. The average molecular weight is 446 g/mol. The number of methoxy groups -OCH3 is 1. The lowest BCUT2D eigenvalue weighted by molar-refractivity contribution is -0.117. The molecular weight excluding hydrogens is 422 g/mol. The summed E-state index contributed by atoms with van der Waals surface area (Å²) in [5.74, 6) is 1.62. The minimum atomic E-state index is -0.0267. The number of benzene rings is 3. The van der Waals surface area contributed by atoms with Crippen LogP contribution in [0.2, 0.25) is 5.02 Å². The van der Waals surface area contributed by atoms with Gasteiger partial charge in [0.1, 0.15) is 11.6 Å².